The average Bonchev–Trinajstić information content (AvgIpc) is 2.15. The molecule has 0 aliphatic carbocycles. The second-order valence-corrected chi connectivity index (χ2v) is 7.77. The van der Waals surface area contributed by atoms with Crippen LogP contribution in [0.2, 0.25) is 0 Å². The van der Waals surface area contributed by atoms with Crippen molar-refractivity contribution in [1.82, 2.24) is 4.98 Å². The summed E-state index contributed by atoms with van der Waals surface area (Å²) in [5.41, 5.74) is 0. The highest BCUT2D eigenvalue weighted by Crippen LogP contribution is 2.68. The Labute approximate surface area is 97.0 Å². The molecular weight excluding hydrogens is 270 g/mol. The van der Waals surface area contributed by atoms with E-state index in [0.29, 0.717) is 0 Å². The van der Waals surface area contributed by atoms with Crippen LogP contribution in [0, 0.1) is 0 Å². The molecule has 1 aromatic heterocycles. The summed E-state index contributed by atoms with van der Waals surface area (Å²) in [6, 6.07) is 4.40. The lowest BCUT2D eigenvalue weighted by atomic mass is 10.4. The Hall–Kier alpha value is -0.750. The highest BCUT2D eigenvalue weighted by Gasteiger charge is 2.57. The largest absolute Gasteiger partial charge is 0.362 e. The fourth-order valence-corrected chi connectivity index (χ4v) is 2.87. The number of hydrogen-bond acceptors (Lipinski definition) is 4. The fraction of sp³-hybridized carbons (Fsp3) is 0.286. The predicted octanol–water partition coefficient (Wildman–Crippen LogP) is 0.523. The van der Waals surface area contributed by atoms with Gasteiger partial charge in [-0.1, -0.05) is 6.07 Å². The Kier molecular flexibility index (Phi) is 3.78. The number of nitrogens with one attached hydrogen (secondary N) is 1. The van der Waals surface area contributed by atoms with Crippen LogP contribution in [0.5, 0.6) is 0 Å². The van der Waals surface area contributed by atoms with E-state index in [1.807, 2.05) is 0 Å². The van der Waals surface area contributed by atoms with Crippen LogP contribution in [0.1, 0.15) is 6.92 Å². The second-order valence-electron chi connectivity index (χ2n) is 3.45. The van der Waals surface area contributed by atoms with E-state index in [2.05, 4.69) is 10.3 Å². The molecule has 0 fully saturated rings. The summed E-state index contributed by atoms with van der Waals surface area (Å²) >= 11 is 0. The first-order chi connectivity index (χ1) is 7.58. The summed E-state index contributed by atoms with van der Waals surface area (Å²) < 4.78 is 22.4. The maximum atomic E-state index is 11.2. The third kappa shape index (κ3) is 2.93. The molecule has 0 aromatic carbocycles. The summed E-state index contributed by atoms with van der Waals surface area (Å²) in [6.07, 6.45) is 1.32. The van der Waals surface area contributed by atoms with E-state index in [0.717, 1.165) is 6.92 Å². The van der Waals surface area contributed by atoms with Crippen LogP contribution in [0.25, 0.3) is 0 Å². The second kappa shape index (κ2) is 4.49. The number of pyridine rings is 1. The molecule has 5 N–H and O–H groups in total. The first-order valence-electron chi connectivity index (χ1n) is 4.38. The van der Waals surface area contributed by atoms with E-state index in [9.17, 15) is 9.13 Å². The molecule has 0 aliphatic heterocycles. The molecule has 0 bridgehead atoms. The van der Waals surface area contributed by atoms with Crippen molar-refractivity contribution in [2.45, 2.75) is 11.9 Å². The van der Waals surface area contributed by atoms with Gasteiger partial charge in [0.25, 0.3) is 0 Å². The van der Waals surface area contributed by atoms with Gasteiger partial charge in [-0.25, -0.2) is 4.98 Å². The smallest absolute Gasteiger partial charge is 0.344 e. The van der Waals surface area contributed by atoms with Gasteiger partial charge in [0.15, 0.2) is 0 Å². The van der Waals surface area contributed by atoms with E-state index in [1.165, 1.54) is 18.3 Å². The molecular formula is C7H12N2O6P2. The van der Waals surface area contributed by atoms with Crippen molar-refractivity contribution >= 4 is 21.0 Å². The van der Waals surface area contributed by atoms with Crippen LogP contribution < -0.4 is 5.32 Å². The molecule has 1 aromatic rings. The van der Waals surface area contributed by atoms with Crippen LogP contribution in [0.15, 0.2) is 24.4 Å². The Balaban J connectivity index is 3.20. The SMILES string of the molecule is CC(Nc1ccccn1)(P(=O)(O)O)P(=O)(O)O. The van der Waals surface area contributed by atoms with Crippen LogP contribution in [-0.4, -0.2) is 29.6 Å². The molecule has 0 radical (unpaired) electrons. The quantitative estimate of drug-likeness (QED) is 0.503. The van der Waals surface area contributed by atoms with E-state index >= 15 is 0 Å². The highest BCUT2D eigenvalue weighted by molar-refractivity contribution is 7.72. The fourth-order valence-electron chi connectivity index (χ4n) is 0.995. The van der Waals surface area contributed by atoms with Crippen molar-refractivity contribution in [1.29, 1.82) is 0 Å². The van der Waals surface area contributed by atoms with Gasteiger partial charge in [-0.2, -0.15) is 0 Å². The van der Waals surface area contributed by atoms with Crippen LogP contribution in [0.4, 0.5) is 5.82 Å². The number of hydrogen-bond donors (Lipinski definition) is 5. The molecule has 10 heteroatoms. The Morgan fingerprint density at radius 1 is 1.18 bits per heavy atom. The molecule has 0 amide bonds. The third-order valence-electron chi connectivity index (χ3n) is 2.16. The minimum atomic E-state index is -5.09. The van der Waals surface area contributed by atoms with Gasteiger partial charge in [-0.3, -0.25) is 9.13 Å². The Morgan fingerprint density at radius 3 is 2.06 bits per heavy atom. The normalized spacial score (nSPS) is 13.5. The molecule has 0 unspecified atom stereocenters. The van der Waals surface area contributed by atoms with Crippen molar-refractivity contribution in [2.75, 3.05) is 5.32 Å². The monoisotopic (exact) mass is 282 g/mol. The zero-order valence-electron chi connectivity index (χ0n) is 8.76. The van der Waals surface area contributed by atoms with Gasteiger partial charge in [-0.15, -0.1) is 0 Å². The number of aromatic nitrogens is 1. The van der Waals surface area contributed by atoms with Gasteiger partial charge in [-0.05, 0) is 19.1 Å². The topological polar surface area (TPSA) is 140 Å². The van der Waals surface area contributed by atoms with Crippen molar-refractivity contribution in [3.63, 3.8) is 0 Å². The van der Waals surface area contributed by atoms with Gasteiger partial charge in [0, 0.05) is 6.20 Å². The first-order valence-corrected chi connectivity index (χ1v) is 7.61. The number of nitrogens with zero attached hydrogens (tertiary/aromatic N) is 1. The van der Waals surface area contributed by atoms with Crippen LogP contribution >= 0.6 is 15.2 Å². The highest BCUT2D eigenvalue weighted by atomic mass is 31.2. The zero-order chi connectivity index (χ0) is 13.3. The summed E-state index contributed by atoms with van der Waals surface area (Å²) in [4.78, 5) is 39.9. The molecule has 0 saturated carbocycles. The minimum absolute atomic E-state index is 0.0401. The Bertz CT molecular complexity index is 458. The van der Waals surface area contributed by atoms with Crippen LogP contribution in [0.3, 0.4) is 0 Å². The lowest BCUT2D eigenvalue weighted by Crippen LogP contribution is -2.34. The maximum absolute atomic E-state index is 11.2. The van der Waals surface area contributed by atoms with E-state index in [4.69, 9.17) is 19.6 Å². The molecule has 0 atom stereocenters. The third-order valence-corrected chi connectivity index (χ3v) is 6.22. The maximum Gasteiger partial charge on any atom is 0.362 e. The molecule has 1 rings (SSSR count). The van der Waals surface area contributed by atoms with Gasteiger partial charge in [0.1, 0.15) is 5.82 Å². The van der Waals surface area contributed by atoms with E-state index < -0.39 is 20.2 Å². The molecule has 96 valence electrons. The summed E-state index contributed by atoms with van der Waals surface area (Å²) in [6.45, 7) is 0.753. The predicted molar refractivity (Wildman–Crippen MR) is 60.4 cm³/mol. The first kappa shape index (κ1) is 14.3. The standard InChI is InChI=1S/C7H12N2O6P2/c1-7(16(10,11)12,17(13,14)15)9-6-4-2-3-5-8-6/h2-5H,1H3,(H,8,9)(H2,10,11,12)(H2,13,14,15). The van der Waals surface area contributed by atoms with Gasteiger partial charge in [0.2, 0.25) is 5.02 Å². The summed E-state index contributed by atoms with van der Waals surface area (Å²) in [5, 5.41) is -0.602. The lowest BCUT2D eigenvalue weighted by molar-refractivity contribution is 0.321. The molecule has 0 aliphatic rings. The van der Waals surface area contributed by atoms with Gasteiger partial charge >= 0.3 is 15.2 Å². The molecule has 1 heterocycles. The van der Waals surface area contributed by atoms with Gasteiger partial charge in [0.05, 0.1) is 0 Å². The summed E-state index contributed by atoms with van der Waals surface area (Å²) in [5.74, 6) is -0.0401. The van der Waals surface area contributed by atoms with E-state index in [-0.39, 0.29) is 5.82 Å². The van der Waals surface area contributed by atoms with E-state index in [1.54, 1.807) is 6.07 Å². The lowest BCUT2D eigenvalue weighted by Gasteiger charge is -2.31. The number of rotatable bonds is 4. The zero-order valence-corrected chi connectivity index (χ0v) is 10.5. The summed E-state index contributed by atoms with van der Waals surface area (Å²) in [7, 11) is -10.2. The molecule has 8 nitrogen and oxygen atoms in total. The van der Waals surface area contributed by atoms with Gasteiger partial charge < -0.3 is 24.9 Å². The molecule has 0 saturated heterocycles. The minimum Gasteiger partial charge on any atom is -0.344 e. The van der Waals surface area contributed by atoms with Crippen molar-refractivity contribution in [3.05, 3.63) is 24.4 Å². The van der Waals surface area contributed by atoms with Crippen molar-refractivity contribution < 1.29 is 28.7 Å². The van der Waals surface area contributed by atoms with Crippen molar-refractivity contribution in [3.8, 4) is 0 Å². The van der Waals surface area contributed by atoms with Crippen molar-refractivity contribution in [2.24, 2.45) is 0 Å². The molecule has 17 heavy (non-hydrogen) atoms. The Morgan fingerprint density at radius 2 is 1.71 bits per heavy atom. The number of anilines is 1. The van der Waals surface area contributed by atoms with Crippen LogP contribution in [-0.2, 0) is 9.13 Å². The average molecular weight is 282 g/mol. The molecule has 0 spiro atoms.